The molecule has 1 aliphatic carbocycles. The van der Waals surface area contributed by atoms with Gasteiger partial charge in [-0.2, -0.15) is 5.10 Å². The van der Waals surface area contributed by atoms with Crippen molar-refractivity contribution >= 4 is 33.5 Å². The van der Waals surface area contributed by atoms with Gasteiger partial charge < -0.3 is 0 Å². The van der Waals surface area contributed by atoms with Crippen LogP contribution in [-0.4, -0.2) is 9.78 Å². The predicted molar refractivity (Wildman–Crippen MR) is 74.4 cm³/mol. The molecule has 4 heteroatoms. The van der Waals surface area contributed by atoms with Crippen LogP contribution in [0.15, 0.2) is 18.2 Å². The van der Waals surface area contributed by atoms with Gasteiger partial charge in [-0.1, -0.05) is 12.8 Å². The first kappa shape index (κ1) is 11.4. The smallest absolute Gasteiger partial charge is 0.124 e. The van der Waals surface area contributed by atoms with Crippen molar-refractivity contribution in [2.45, 2.75) is 32.2 Å². The van der Waals surface area contributed by atoms with Gasteiger partial charge in [-0.05, 0) is 59.5 Å². The Labute approximate surface area is 113 Å². The van der Waals surface area contributed by atoms with Crippen LogP contribution in [-0.2, 0) is 6.54 Å². The zero-order valence-corrected chi connectivity index (χ0v) is 11.7. The van der Waals surface area contributed by atoms with E-state index in [-0.39, 0.29) is 5.82 Å². The molecule has 0 aliphatic heterocycles. The standard InChI is InChI=1S/C13H14FIN2/c14-10-5-6-12-11(7-10)13(15)17(16-12)8-9-3-1-2-4-9/h5-7,9H,1-4,8H2. The van der Waals surface area contributed by atoms with Crippen molar-refractivity contribution in [3.63, 3.8) is 0 Å². The van der Waals surface area contributed by atoms with Crippen molar-refractivity contribution < 1.29 is 4.39 Å². The molecule has 0 saturated heterocycles. The number of fused-ring (bicyclic) bond motifs is 1. The lowest BCUT2D eigenvalue weighted by molar-refractivity contribution is 0.425. The number of hydrogen-bond donors (Lipinski definition) is 0. The largest absolute Gasteiger partial charge is 0.258 e. The molecule has 17 heavy (non-hydrogen) atoms. The average Bonchev–Trinajstić information content (AvgIpc) is 2.91. The van der Waals surface area contributed by atoms with Gasteiger partial charge in [0.1, 0.15) is 9.52 Å². The molecule has 1 aromatic heterocycles. The highest BCUT2D eigenvalue weighted by Crippen LogP contribution is 2.28. The summed E-state index contributed by atoms with van der Waals surface area (Å²) in [5.41, 5.74) is 0.897. The lowest BCUT2D eigenvalue weighted by atomic mass is 10.1. The molecular formula is C13H14FIN2. The number of halogens is 2. The summed E-state index contributed by atoms with van der Waals surface area (Å²) >= 11 is 2.27. The highest BCUT2D eigenvalue weighted by atomic mass is 127. The maximum absolute atomic E-state index is 13.2. The minimum absolute atomic E-state index is 0.184. The highest BCUT2D eigenvalue weighted by Gasteiger charge is 2.18. The molecule has 0 spiro atoms. The van der Waals surface area contributed by atoms with E-state index in [0.29, 0.717) is 0 Å². The zero-order valence-electron chi connectivity index (χ0n) is 9.50. The molecule has 1 fully saturated rings. The minimum atomic E-state index is -0.184. The third kappa shape index (κ3) is 2.19. The molecule has 0 radical (unpaired) electrons. The van der Waals surface area contributed by atoms with E-state index < -0.39 is 0 Å². The summed E-state index contributed by atoms with van der Waals surface area (Å²) in [6, 6.07) is 4.82. The van der Waals surface area contributed by atoms with Crippen molar-refractivity contribution in [2.24, 2.45) is 5.92 Å². The van der Waals surface area contributed by atoms with Gasteiger partial charge in [0, 0.05) is 11.9 Å². The van der Waals surface area contributed by atoms with Crippen molar-refractivity contribution in [3.8, 4) is 0 Å². The first-order chi connectivity index (χ1) is 8.24. The van der Waals surface area contributed by atoms with Crippen molar-refractivity contribution in [1.29, 1.82) is 0 Å². The third-order valence-electron chi connectivity index (χ3n) is 3.54. The topological polar surface area (TPSA) is 17.8 Å². The van der Waals surface area contributed by atoms with Crippen molar-refractivity contribution in [2.75, 3.05) is 0 Å². The summed E-state index contributed by atoms with van der Waals surface area (Å²) in [7, 11) is 0. The monoisotopic (exact) mass is 344 g/mol. The summed E-state index contributed by atoms with van der Waals surface area (Å²) in [5, 5.41) is 5.49. The van der Waals surface area contributed by atoms with Crippen LogP contribution in [0.3, 0.4) is 0 Å². The average molecular weight is 344 g/mol. The summed E-state index contributed by atoms with van der Waals surface area (Å²) in [5.74, 6) is 0.568. The van der Waals surface area contributed by atoms with Crippen LogP contribution in [0.2, 0.25) is 0 Å². The normalized spacial score (nSPS) is 17.1. The summed E-state index contributed by atoms with van der Waals surface area (Å²) in [4.78, 5) is 0. The van der Waals surface area contributed by atoms with Crippen molar-refractivity contribution in [1.82, 2.24) is 9.78 Å². The second-order valence-electron chi connectivity index (χ2n) is 4.78. The van der Waals surface area contributed by atoms with Gasteiger partial charge in [-0.15, -0.1) is 0 Å². The molecule has 1 saturated carbocycles. The van der Waals surface area contributed by atoms with Gasteiger partial charge in [-0.3, -0.25) is 4.68 Å². The van der Waals surface area contributed by atoms with Gasteiger partial charge in [0.2, 0.25) is 0 Å². The molecule has 0 amide bonds. The van der Waals surface area contributed by atoms with E-state index in [9.17, 15) is 4.39 Å². The Hall–Kier alpha value is -0.650. The number of benzene rings is 1. The van der Waals surface area contributed by atoms with E-state index in [1.807, 2.05) is 4.68 Å². The highest BCUT2D eigenvalue weighted by molar-refractivity contribution is 14.1. The second kappa shape index (κ2) is 4.55. The molecule has 1 heterocycles. The predicted octanol–water partition coefficient (Wildman–Crippen LogP) is 3.97. The Kier molecular flexibility index (Phi) is 3.06. The molecule has 2 nitrogen and oxygen atoms in total. The summed E-state index contributed by atoms with van der Waals surface area (Å²) in [6.45, 7) is 0.981. The van der Waals surface area contributed by atoms with Crippen LogP contribution < -0.4 is 0 Å². The molecule has 0 atom stereocenters. The van der Waals surface area contributed by atoms with Crippen LogP contribution in [0, 0.1) is 15.4 Å². The molecule has 90 valence electrons. The summed E-state index contributed by atoms with van der Waals surface area (Å²) in [6.07, 6.45) is 5.30. The second-order valence-corrected chi connectivity index (χ2v) is 5.81. The summed E-state index contributed by atoms with van der Waals surface area (Å²) < 4.78 is 16.3. The van der Waals surface area contributed by atoms with Crippen molar-refractivity contribution in [3.05, 3.63) is 27.7 Å². The Bertz CT molecular complexity index is 544. The number of rotatable bonds is 2. The maximum atomic E-state index is 13.2. The quantitative estimate of drug-likeness (QED) is 0.754. The zero-order chi connectivity index (χ0) is 11.8. The molecule has 2 aromatic rings. The van der Waals surface area contributed by atoms with E-state index in [1.54, 1.807) is 12.1 Å². The van der Waals surface area contributed by atoms with Gasteiger partial charge in [0.15, 0.2) is 0 Å². The molecule has 1 aromatic carbocycles. The fourth-order valence-electron chi connectivity index (χ4n) is 2.63. The van der Waals surface area contributed by atoms with Crippen LogP contribution >= 0.6 is 22.6 Å². The Balaban J connectivity index is 1.96. The Morgan fingerprint density at radius 3 is 2.88 bits per heavy atom. The first-order valence-corrected chi connectivity index (χ1v) is 7.13. The van der Waals surface area contributed by atoms with Crippen LogP contribution in [0.5, 0.6) is 0 Å². The molecule has 0 bridgehead atoms. The lowest BCUT2D eigenvalue weighted by Crippen LogP contribution is -2.10. The third-order valence-corrected chi connectivity index (χ3v) is 4.68. The minimum Gasteiger partial charge on any atom is -0.258 e. The van der Waals surface area contributed by atoms with Crippen LogP contribution in [0.25, 0.3) is 10.9 Å². The van der Waals surface area contributed by atoms with E-state index in [0.717, 1.165) is 27.1 Å². The number of aromatic nitrogens is 2. The molecule has 0 N–H and O–H groups in total. The van der Waals surface area contributed by atoms with Crippen LogP contribution in [0.4, 0.5) is 4.39 Å². The van der Waals surface area contributed by atoms with Gasteiger partial charge in [-0.25, -0.2) is 4.39 Å². The Morgan fingerprint density at radius 1 is 1.35 bits per heavy atom. The van der Waals surface area contributed by atoms with E-state index >= 15 is 0 Å². The van der Waals surface area contributed by atoms with E-state index in [1.165, 1.54) is 31.7 Å². The molecule has 0 unspecified atom stereocenters. The van der Waals surface area contributed by atoms with E-state index in [4.69, 9.17) is 0 Å². The van der Waals surface area contributed by atoms with Gasteiger partial charge in [0.25, 0.3) is 0 Å². The Morgan fingerprint density at radius 2 is 2.12 bits per heavy atom. The van der Waals surface area contributed by atoms with Gasteiger partial charge in [0.05, 0.1) is 5.52 Å². The molecule has 1 aliphatic rings. The molecule has 3 rings (SSSR count). The fourth-order valence-corrected chi connectivity index (χ4v) is 3.37. The van der Waals surface area contributed by atoms with Gasteiger partial charge >= 0.3 is 0 Å². The SMILES string of the molecule is Fc1ccc2nn(CC3CCCC3)c(I)c2c1. The lowest BCUT2D eigenvalue weighted by Gasteiger charge is -2.09. The van der Waals surface area contributed by atoms with Crippen LogP contribution in [0.1, 0.15) is 25.7 Å². The number of nitrogens with zero attached hydrogens (tertiary/aromatic N) is 2. The van der Waals surface area contributed by atoms with E-state index in [2.05, 4.69) is 27.7 Å². The fraction of sp³-hybridized carbons (Fsp3) is 0.462. The molecular weight excluding hydrogens is 330 g/mol. The maximum Gasteiger partial charge on any atom is 0.124 e. The first-order valence-electron chi connectivity index (χ1n) is 6.05. The number of hydrogen-bond acceptors (Lipinski definition) is 1.